The Morgan fingerprint density at radius 3 is 3.22 bits per heavy atom. The third kappa shape index (κ3) is 1.22. The van der Waals surface area contributed by atoms with Crippen LogP contribution in [-0.4, -0.2) is 15.9 Å². The molecule has 1 aromatic heterocycles. The monoisotopic (exact) mass is 127 g/mol. The Balaban J connectivity index is 3.33. The van der Waals surface area contributed by atoms with Crippen molar-refractivity contribution in [2.24, 2.45) is 5.73 Å². The van der Waals surface area contributed by atoms with Crippen molar-refractivity contribution in [1.29, 1.82) is 0 Å². The van der Waals surface area contributed by atoms with Gasteiger partial charge in [-0.3, -0.25) is 9.78 Å². The maximum absolute atomic E-state index is 10.5. The first-order valence-electron chi connectivity index (χ1n) is 3.64. The van der Waals surface area contributed by atoms with Crippen molar-refractivity contribution in [2.75, 3.05) is 0 Å². The van der Waals surface area contributed by atoms with Crippen LogP contribution in [0.1, 0.15) is 14.6 Å². The molecule has 1 aromatic rings. The number of nitrogens with zero attached hydrogens (tertiary/aromatic N) is 2. The summed E-state index contributed by atoms with van der Waals surface area (Å²) < 4.78 is 21.0. The van der Waals surface area contributed by atoms with Crippen LogP contribution in [0.15, 0.2) is 18.5 Å². The van der Waals surface area contributed by atoms with E-state index in [1.54, 1.807) is 0 Å². The topological polar surface area (TPSA) is 68.9 Å². The molecule has 0 saturated carbocycles. The summed E-state index contributed by atoms with van der Waals surface area (Å²) in [6.07, 6.45) is -1.37. The molecule has 0 aliphatic heterocycles. The van der Waals surface area contributed by atoms with Gasteiger partial charge in [-0.25, -0.2) is 4.98 Å². The molecule has 0 aromatic carbocycles. The molecular weight excluding hydrogens is 119 g/mol. The number of hydrogen-bond donors (Lipinski definition) is 1. The van der Waals surface area contributed by atoms with Gasteiger partial charge >= 0.3 is 0 Å². The standard InChI is InChI=1S/C5H5N3O/c6-5(9)4-3-7-1-2-8-4/h1-3H,(H2,6,9)/i1D,2D,3D,6+1. The highest BCUT2D eigenvalue weighted by Gasteiger charge is 1.97. The molecule has 0 aliphatic rings. The van der Waals surface area contributed by atoms with E-state index in [0.29, 0.717) is 0 Å². The normalized spacial score (nSPS) is 13.6. The van der Waals surface area contributed by atoms with Crippen LogP contribution in [0.3, 0.4) is 0 Å². The Morgan fingerprint density at radius 2 is 2.56 bits per heavy atom. The Bertz CT molecular complexity index is 341. The van der Waals surface area contributed by atoms with Gasteiger partial charge in [0.05, 0.1) is 10.3 Å². The molecule has 4 heteroatoms. The van der Waals surface area contributed by atoms with E-state index < -0.39 is 24.4 Å². The molecule has 9 heavy (non-hydrogen) atoms. The van der Waals surface area contributed by atoms with E-state index >= 15 is 0 Å². The first kappa shape index (κ1) is 2.91. The minimum Gasteiger partial charge on any atom is -0.364 e. The third-order valence-electron chi connectivity index (χ3n) is 0.669. The highest BCUT2D eigenvalue weighted by molar-refractivity contribution is 5.90. The minimum absolute atomic E-state index is 0.379. The van der Waals surface area contributed by atoms with Crippen molar-refractivity contribution in [3.05, 3.63) is 24.2 Å². The van der Waals surface area contributed by atoms with Crippen molar-refractivity contribution in [1.82, 2.24) is 9.97 Å². The number of aromatic nitrogens is 2. The molecule has 0 spiro atoms. The van der Waals surface area contributed by atoms with E-state index in [4.69, 9.17) is 9.85 Å². The highest BCUT2D eigenvalue weighted by atomic mass is 16.2. The smallest absolute Gasteiger partial charge is 0.268 e. The Morgan fingerprint density at radius 1 is 1.78 bits per heavy atom. The number of nitrogens with two attached hydrogens (primary N) is 1. The summed E-state index contributed by atoms with van der Waals surface area (Å²) in [5.41, 5.74) is 4.45. The highest BCUT2D eigenvalue weighted by Crippen LogP contribution is 1.84. The quantitative estimate of drug-likeness (QED) is 0.520. The SMILES string of the molecule is [2H]c1nc([2H])c(C([15NH2])=O)nc1[2H]. The van der Waals surface area contributed by atoms with Crippen LogP contribution in [0.4, 0.5) is 0 Å². The van der Waals surface area contributed by atoms with Crippen LogP contribution < -0.4 is 5.73 Å². The largest absolute Gasteiger partial charge is 0.364 e. The maximum Gasteiger partial charge on any atom is 0.268 e. The summed E-state index contributed by atoms with van der Waals surface area (Å²) in [6.45, 7) is 0. The van der Waals surface area contributed by atoms with Gasteiger partial charge in [-0.05, 0) is 0 Å². The number of hydrogen-bond acceptors (Lipinski definition) is 3. The predicted molar refractivity (Wildman–Crippen MR) is 30.5 cm³/mol. The number of amides is 1. The van der Waals surface area contributed by atoms with Crippen molar-refractivity contribution < 1.29 is 8.91 Å². The van der Waals surface area contributed by atoms with Crippen LogP contribution in [0.2, 0.25) is 0 Å². The number of primary amides is 1. The van der Waals surface area contributed by atoms with Gasteiger partial charge in [0.1, 0.15) is 5.69 Å². The second-order valence-corrected chi connectivity index (χ2v) is 1.27. The molecular formula is C5H5N3O. The van der Waals surface area contributed by atoms with Gasteiger partial charge in [0, 0.05) is 12.3 Å². The van der Waals surface area contributed by atoms with Gasteiger partial charge in [0.2, 0.25) is 0 Å². The fourth-order valence-electron chi connectivity index (χ4n) is 0.322. The summed E-state index contributed by atoms with van der Waals surface area (Å²) in [5, 5.41) is 0. The van der Waals surface area contributed by atoms with Crippen LogP contribution in [0.5, 0.6) is 0 Å². The van der Waals surface area contributed by atoms with Gasteiger partial charge in [0.15, 0.2) is 0 Å². The molecule has 0 bridgehead atoms. The third-order valence-corrected chi connectivity index (χ3v) is 0.669. The second kappa shape index (κ2) is 2.21. The molecule has 0 fully saturated rings. The average Bonchev–Trinajstić information content (AvgIpc) is 1.96. The molecule has 0 radical (unpaired) electrons. The van der Waals surface area contributed by atoms with Gasteiger partial charge < -0.3 is 5.73 Å². The lowest BCUT2D eigenvalue weighted by molar-refractivity contribution is 0.0995. The van der Waals surface area contributed by atoms with E-state index in [9.17, 15) is 4.79 Å². The first-order chi connectivity index (χ1) is 5.52. The van der Waals surface area contributed by atoms with Crippen LogP contribution in [0, 0.1) is 0 Å². The van der Waals surface area contributed by atoms with Gasteiger partial charge in [0.25, 0.3) is 5.91 Å². The summed E-state index contributed by atoms with van der Waals surface area (Å²) in [4.78, 5) is 17.1. The first-order valence-corrected chi connectivity index (χ1v) is 2.14. The molecule has 0 saturated heterocycles. The molecule has 0 unspecified atom stereocenters. The van der Waals surface area contributed by atoms with Crippen molar-refractivity contribution in [3.8, 4) is 0 Å². The number of carbonyl (C=O) groups is 1. The molecule has 4 nitrogen and oxygen atoms in total. The van der Waals surface area contributed by atoms with Gasteiger partial charge in [-0.15, -0.1) is 0 Å². The molecule has 1 heterocycles. The molecule has 2 N–H and O–H groups in total. The van der Waals surface area contributed by atoms with E-state index in [-0.39, 0.29) is 5.69 Å². The van der Waals surface area contributed by atoms with Crippen molar-refractivity contribution in [3.63, 3.8) is 0 Å². The Hall–Kier alpha value is -1.45. The van der Waals surface area contributed by atoms with Crippen LogP contribution in [0.25, 0.3) is 0 Å². The molecule has 0 aliphatic carbocycles. The maximum atomic E-state index is 10.5. The zero-order chi connectivity index (χ0) is 9.30. The summed E-state index contributed by atoms with van der Waals surface area (Å²) in [7, 11) is 0. The zero-order valence-electron chi connectivity index (χ0n) is 7.38. The van der Waals surface area contributed by atoms with Crippen molar-refractivity contribution >= 4 is 5.91 Å². The molecule has 1 amide bonds. The van der Waals surface area contributed by atoms with Gasteiger partial charge in [-0.2, -0.15) is 0 Å². The minimum atomic E-state index is -0.916. The lowest BCUT2D eigenvalue weighted by Gasteiger charge is -1.87. The number of carbonyl (C=O) groups excluding carboxylic acids is 1. The fourth-order valence-corrected chi connectivity index (χ4v) is 0.322. The van der Waals surface area contributed by atoms with E-state index in [1.807, 2.05) is 0 Å². The van der Waals surface area contributed by atoms with E-state index in [2.05, 4.69) is 9.97 Å². The average molecular weight is 127 g/mol. The van der Waals surface area contributed by atoms with E-state index in [0.717, 1.165) is 0 Å². The Kier molecular flexibility index (Phi) is 0.715. The van der Waals surface area contributed by atoms with Crippen LogP contribution in [-0.2, 0) is 0 Å². The molecule has 1 rings (SSSR count). The summed E-state index contributed by atoms with van der Waals surface area (Å²) >= 11 is 0. The summed E-state index contributed by atoms with van der Waals surface area (Å²) in [5.74, 6) is -0.916. The van der Waals surface area contributed by atoms with Gasteiger partial charge in [-0.1, -0.05) is 0 Å². The lowest BCUT2D eigenvalue weighted by Crippen LogP contribution is -2.12. The van der Waals surface area contributed by atoms with Crippen molar-refractivity contribution in [2.45, 2.75) is 0 Å². The molecule has 46 valence electrons. The fraction of sp³-hybridized carbons (Fsp3) is 0. The predicted octanol–water partition coefficient (Wildman–Crippen LogP) is -0.424. The number of rotatable bonds is 1. The zero-order valence-corrected chi connectivity index (χ0v) is 4.38. The van der Waals surface area contributed by atoms with E-state index in [1.165, 1.54) is 0 Å². The Labute approximate surface area is 56.0 Å². The van der Waals surface area contributed by atoms with Crippen LogP contribution >= 0.6 is 0 Å². The summed E-state index contributed by atoms with van der Waals surface area (Å²) in [6, 6.07) is 0. The molecule has 0 atom stereocenters. The lowest BCUT2D eigenvalue weighted by atomic mass is 10.5. The second-order valence-electron chi connectivity index (χ2n) is 1.27.